The van der Waals surface area contributed by atoms with Crippen LogP contribution in [0, 0.1) is 26.7 Å². The number of rotatable bonds is 3. The Bertz CT molecular complexity index is 1310. The largest absolute Gasteiger partial charge is 0.319 e. The molecule has 2 heterocycles. The molecule has 4 rings (SSSR count). The van der Waals surface area contributed by atoms with Gasteiger partial charge in [-0.25, -0.2) is 8.42 Å². The van der Waals surface area contributed by atoms with E-state index in [4.69, 9.17) is 0 Å². The van der Waals surface area contributed by atoms with E-state index in [1.54, 1.807) is 24.3 Å². The van der Waals surface area contributed by atoms with E-state index in [0.29, 0.717) is 35.6 Å². The van der Waals surface area contributed by atoms with Crippen LogP contribution in [0.4, 0.5) is 0 Å². The molecular formula is C23H27N3O3S2. The number of piperidine rings is 1. The van der Waals surface area contributed by atoms with Gasteiger partial charge in [-0.2, -0.15) is 9.30 Å². The van der Waals surface area contributed by atoms with Crippen LogP contribution in [0.5, 0.6) is 0 Å². The van der Waals surface area contributed by atoms with E-state index in [2.05, 4.69) is 31.0 Å². The summed E-state index contributed by atoms with van der Waals surface area (Å²) in [5, 5.41) is 0. The third-order valence-corrected chi connectivity index (χ3v) is 8.89. The van der Waals surface area contributed by atoms with Crippen molar-refractivity contribution in [2.45, 2.75) is 38.5 Å². The number of hydrogen-bond donors (Lipinski definition) is 0. The van der Waals surface area contributed by atoms with E-state index in [9.17, 15) is 13.2 Å². The second-order valence-corrected chi connectivity index (χ2v) is 11.3. The smallest absolute Gasteiger partial charge is 0.251 e. The van der Waals surface area contributed by atoms with Crippen LogP contribution in [-0.4, -0.2) is 36.3 Å². The highest BCUT2D eigenvalue weighted by atomic mass is 32.2. The summed E-state index contributed by atoms with van der Waals surface area (Å²) in [7, 11) is -1.60. The van der Waals surface area contributed by atoms with Gasteiger partial charge in [-0.1, -0.05) is 35.1 Å². The molecule has 2 aromatic carbocycles. The molecule has 1 aliphatic heterocycles. The summed E-state index contributed by atoms with van der Waals surface area (Å²) in [5.41, 5.74) is 4.47. The highest BCUT2D eigenvalue weighted by molar-refractivity contribution is 7.89. The first-order chi connectivity index (χ1) is 14.7. The maximum atomic E-state index is 12.9. The molecule has 0 atom stereocenters. The summed E-state index contributed by atoms with van der Waals surface area (Å²) in [6.07, 6.45) is 0.973. The van der Waals surface area contributed by atoms with E-state index in [-0.39, 0.29) is 11.8 Å². The highest BCUT2D eigenvalue weighted by Gasteiger charge is 2.32. The summed E-state index contributed by atoms with van der Waals surface area (Å²) in [6, 6.07) is 11.1. The summed E-state index contributed by atoms with van der Waals surface area (Å²) in [4.78, 5) is 18.3. The van der Waals surface area contributed by atoms with Crippen molar-refractivity contribution in [3.8, 4) is 0 Å². The Labute approximate surface area is 186 Å². The lowest BCUT2D eigenvalue weighted by atomic mass is 9.98. The van der Waals surface area contributed by atoms with Gasteiger partial charge < -0.3 is 4.57 Å². The molecule has 3 aromatic rings. The molecule has 0 bridgehead atoms. The SMILES string of the molecule is Cc1ccc(S(=O)(=O)N2CCC(C(=O)N=c3sc4cc(C)cc(C)c4n3C)CC2)cc1. The Kier molecular flexibility index (Phi) is 5.89. The zero-order chi connectivity index (χ0) is 22.3. The number of aryl methyl sites for hydroxylation is 4. The van der Waals surface area contributed by atoms with Gasteiger partial charge in [0.15, 0.2) is 4.80 Å². The van der Waals surface area contributed by atoms with Crippen molar-refractivity contribution in [3.63, 3.8) is 0 Å². The molecule has 0 radical (unpaired) electrons. The van der Waals surface area contributed by atoms with Crippen molar-refractivity contribution in [1.29, 1.82) is 0 Å². The fourth-order valence-electron chi connectivity index (χ4n) is 4.18. The first-order valence-corrected chi connectivity index (χ1v) is 12.6. The van der Waals surface area contributed by atoms with E-state index < -0.39 is 10.0 Å². The number of aromatic nitrogens is 1. The molecule has 1 amide bonds. The van der Waals surface area contributed by atoms with Gasteiger partial charge >= 0.3 is 0 Å². The maximum Gasteiger partial charge on any atom is 0.251 e. The minimum Gasteiger partial charge on any atom is -0.319 e. The van der Waals surface area contributed by atoms with Gasteiger partial charge in [0.05, 0.1) is 15.1 Å². The van der Waals surface area contributed by atoms with E-state index in [0.717, 1.165) is 21.3 Å². The van der Waals surface area contributed by atoms with Gasteiger partial charge in [0.2, 0.25) is 10.0 Å². The van der Waals surface area contributed by atoms with E-state index >= 15 is 0 Å². The van der Waals surface area contributed by atoms with Gasteiger partial charge in [-0.15, -0.1) is 0 Å². The first kappa shape index (κ1) is 21.9. The van der Waals surface area contributed by atoms with Gasteiger partial charge in [0.1, 0.15) is 0 Å². The Morgan fingerprint density at radius 2 is 1.68 bits per heavy atom. The van der Waals surface area contributed by atoms with Crippen LogP contribution >= 0.6 is 11.3 Å². The van der Waals surface area contributed by atoms with Gasteiger partial charge in [0.25, 0.3) is 5.91 Å². The minimum atomic E-state index is -3.53. The molecule has 1 aromatic heterocycles. The number of nitrogens with zero attached hydrogens (tertiary/aromatic N) is 3. The zero-order valence-corrected chi connectivity index (χ0v) is 19.9. The average molecular weight is 458 g/mol. The standard InChI is InChI=1S/C23H27N3O3S2/c1-15-5-7-19(8-6-15)31(28,29)26-11-9-18(10-12-26)22(27)24-23-25(4)21-17(3)13-16(2)14-20(21)30-23/h5-8,13-14,18H,9-12H2,1-4H3. The van der Waals surface area contributed by atoms with Crippen LogP contribution in [0.2, 0.25) is 0 Å². The van der Waals surface area contributed by atoms with Gasteiger partial charge in [-0.05, 0) is 62.9 Å². The Hall–Kier alpha value is -2.29. The maximum absolute atomic E-state index is 12.9. The number of carbonyl (C=O) groups excluding carboxylic acids is 1. The minimum absolute atomic E-state index is 0.163. The molecule has 0 saturated carbocycles. The molecule has 8 heteroatoms. The van der Waals surface area contributed by atoms with E-state index in [1.807, 2.05) is 18.5 Å². The molecule has 31 heavy (non-hydrogen) atoms. The molecule has 0 unspecified atom stereocenters. The number of amides is 1. The molecule has 1 saturated heterocycles. The lowest BCUT2D eigenvalue weighted by Gasteiger charge is -2.29. The second-order valence-electron chi connectivity index (χ2n) is 8.31. The molecule has 164 valence electrons. The van der Waals surface area contributed by atoms with Crippen LogP contribution < -0.4 is 4.80 Å². The molecule has 6 nitrogen and oxygen atoms in total. The van der Waals surface area contributed by atoms with Crippen molar-refractivity contribution in [2.24, 2.45) is 18.0 Å². The predicted octanol–water partition coefficient (Wildman–Crippen LogP) is 3.69. The molecule has 0 aliphatic carbocycles. The lowest BCUT2D eigenvalue weighted by molar-refractivity contribution is -0.122. The van der Waals surface area contributed by atoms with Crippen LogP contribution in [-0.2, 0) is 21.9 Å². The number of sulfonamides is 1. The third kappa shape index (κ3) is 4.24. The number of thiazole rings is 1. The van der Waals surface area contributed by atoms with Crippen molar-refractivity contribution in [2.75, 3.05) is 13.1 Å². The number of benzene rings is 2. The normalized spacial score (nSPS) is 16.8. The van der Waals surface area contributed by atoms with Crippen molar-refractivity contribution < 1.29 is 13.2 Å². The lowest BCUT2D eigenvalue weighted by Crippen LogP contribution is -2.40. The highest BCUT2D eigenvalue weighted by Crippen LogP contribution is 2.26. The van der Waals surface area contributed by atoms with Crippen LogP contribution in [0.3, 0.4) is 0 Å². The number of fused-ring (bicyclic) bond motifs is 1. The summed E-state index contributed by atoms with van der Waals surface area (Å²) >= 11 is 1.52. The Balaban J connectivity index is 1.51. The fraction of sp³-hybridized carbons (Fsp3) is 0.391. The zero-order valence-electron chi connectivity index (χ0n) is 18.3. The monoisotopic (exact) mass is 457 g/mol. The topological polar surface area (TPSA) is 71.7 Å². The molecule has 1 aliphatic rings. The molecule has 0 spiro atoms. The Morgan fingerprint density at radius 1 is 1.03 bits per heavy atom. The molecule has 1 fully saturated rings. The molecule has 0 N–H and O–H groups in total. The van der Waals surface area contributed by atoms with Crippen molar-refractivity contribution in [3.05, 3.63) is 57.9 Å². The third-order valence-electron chi connectivity index (χ3n) is 5.90. The summed E-state index contributed by atoms with van der Waals surface area (Å²) in [5.74, 6) is -0.415. The number of carbonyl (C=O) groups is 1. The summed E-state index contributed by atoms with van der Waals surface area (Å²) < 4.78 is 30.3. The van der Waals surface area contributed by atoms with Crippen molar-refractivity contribution >= 4 is 37.5 Å². The molecular weight excluding hydrogens is 430 g/mol. The van der Waals surface area contributed by atoms with Crippen molar-refractivity contribution in [1.82, 2.24) is 8.87 Å². The first-order valence-electron chi connectivity index (χ1n) is 10.4. The average Bonchev–Trinajstić information content (AvgIpc) is 3.03. The van der Waals surface area contributed by atoms with Crippen LogP contribution in [0.25, 0.3) is 10.2 Å². The second kappa shape index (κ2) is 8.33. The van der Waals surface area contributed by atoms with Crippen LogP contribution in [0.15, 0.2) is 46.3 Å². The van der Waals surface area contributed by atoms with Crippen LogP contribution in [0.1, 0.15) is 29.5 Å². The van der Waals surface area contributed by atoms with Gasteiger partial charge in [-0.3, -0.25) is 4.79 Å². The van der Waals surface area contributed by atoms with E-state index in [1.165, 1.54) is 21.2 Å². The fourth-order valence-corrected chi connectivity index (χ4v) is 6.85. The Morgan fingerprint density at radius 3 is 2.32 bits per heavy atom. The quantitative estimate of drug-likeness (QED) is 0.602. The summed E-state index contributed by atoms with van der Waals surface area (Å²) in [6.45, 7) is 6.72. The predicted molar refractivity (Wildman–Crippen MR) is 124 cm³/mol. The number of hydrogen-bond acceptors (Lipinski definition) is 4. The van der Waals surface area contributed by atoms with Gasteiger partial charge in [0, 0.05) is 26.1 Å².